The van der Waals surface area contributed by atoms with Gasteiger partial charge in [0.25, 0.3) is 0 Å². The van der Waals surface area contributed by atoms with E-state index in [1.165, 1.54) is 0 Å². The number of amides is 1. The average molecular weight is 221 g/mol. The van der Waals surface area contributed by atoms with Crippen LogP contribution in [0, 0.1) is 6.92 Å². The predicted octanol–water partition coefficient (Wildman–Crippen LogP) is 0.604. The molecule has 1 atom stereocenters. The van der Waals surface area contributed by atoms with Crippen molar-refractivity contribution in [3.05, 3.63) is 5.69 Å². The zero-order valence-corrected chi connectivity index (χ0v) is 9.83. The molecule has 1 aliphatic heterocycles. The highest BCUT2D eigenvalue weighted by Crippen LogP contribution is 2.31. The molecule has 1 aromatic rings. The maximum absolute atomic E-state index is 11.6. The number of anilines is 3. The number of carbonyl (C=O) groups excluding carboxylic acids is 1. The molecule has 0 saturated heterocycles. The summed E-state index contributed by atoms with van der Waals surface area (Å²) in [6, 6.07) is -0.216. The zero-order valence-electron chi connectivity index (χ0n) is 9.83. The van der Waals surface area contributed by atoms with Gasteiger partial charge in [-0.15, -0.1) is 0 Å². The fourth-order valence-corrected chi connectivity index (χ4v) is 1.66. The maximum Gasteiger partial charge on any atom is 0.246 e. The minimum atomic E-state index is -0.216. The Hall–Kier alpha value is -1.85. The van der Waals surface area contributed by atoms with Crippen LogP contribution in [-0.2, 0) is 4.79 Å². The third kappa shape index (κ3) is 1.46. The van der Waals surface area contributed by atoms with Crippen LogP contribution in [0.4, 0.5) is 17.5 Å². The Labute approximate surface area is 94.1 Å². The highest BCUT2D eigenvalue weighted by atomic mass is 16.2. The first-order valence-electron chi connectivity index (χ1n) is 5.14. The molecule has 86 valence electrons. The molecule has 1 amide bonds. The molecule has 0 aliphatic carbocycles. The predicted molar refractivity (Wildman–Crippen MR) is 62.8 cm³/mol. The number of likely N-dealkylation sites (N-methyl/N-ethyl adjacent to an activating group) is 1. The van der Waals surface area contributed by atoms with Crippen LogP contribution in [0.2, 0.25) is 0 Å². The average Bonchev–Trinajstić information content (AvgIpc) is 2.27. The fraction of sp³-hybridized carbons (Fsp3) is 0.500. The quantitative estimate of drug-likeness (QED) is 0.727. The molecule has 1 aromatic heterocycles. The van der Waals surface area contributed by atoms with Crippen LogP contribution in [0.25, 0.3) is 0 Å². The molecule has 6 heteroatoms. The summed E-state index contributed by atoms with van der Waals surface area (Å²) in [6.45, 7) is 3.69. The molecule has 1 aliphatic rings. The van der Waals surface area contributed by atoms with Crippen molar-refractivity contribution in [1.82, 2.24) is 9.97 Å². The van der Waals surface area contributed by atoms with Gasteiger partial charge in [-0.05, 0) is 13.8 Å². The Morgan fingerprint density at radius 3 is 2.75 bits per heavy atom. The molecule has 6 nitrogen and oxygen atoms in total. The lowest BCUT2D eigenvalue weighted by molar-refractivity contribution is -0.117. The van der Waals surface area contributed by atoms with Gasteiger partial charge in [0.05, 0.1) is 5.69 Å². The first kappa shape index (κ1) is 10.7. The number of hydrogen-bond acceptors (Lipinski definition) is 5. The highest BCUT2D eigenvalue weighted by Gasteiger charge is 2.29. The first-order chi connectivity index (χ1) is 7.54. The number of rotatable bonds is 1. The standard InChI is InChI=1S/C10H15N5O/c1-5-7-8(14-10(11-3)12-5)15(4)6(2)9(16)13-7/h6H,1-4H3,(H,13,16)(H,11,12,14)/t6-/m0/s1. The van der Waals surface area contributed by atoms with Crippen molar-refractivity contribution in [2.24, 2.45) is 0 Å². The second-order valence-corrected chi connectivity index (χ2v) is 3.86. The molecule has 0 unspecified atom stereocenters. The lowest BCUT2D eigenvalue weighted by Gasteiger charge is -2.32. The minimum Gasteiger partial charge on any atom is -0.357 e. The normalized spacial score (nSPS) is 19.1. The van der Waals surface area contributed by atoms with E-state index >= 15 is 0 Å². The molecule has 2 heterocycles. The van der Waals surface area contributed by atoms with Gasteiger partial charge in [0, 0.05) is 14.1 Å². The second-order valence-electron chi connectivity index (χ2n) is 3.86. The van der Waals surface area contributed by atoms with E-state index in [1.807, 2.05) is 25.8 Å². The summed E-state index contributed by atoms with van der Waals surface area (Å²) in [7, 11) is 3.63. The van der Waals surface area contributed by atoms with Crippen molar-refractivity contribution in [1.29, 1.82) is 0 Å². The number of nitrogens with one attached hydrogen (secondary N) is 2. The SMILES string of the molecule is CNc1nc(C)c2c(n1)N(C)[C@@H](C)C(=O)N2. The summed E-state index contributed by atoms with van der Waals surface area (Å²) >= 11 is 0. The summed E-state index contributed by atoms with van der Waals surface area (Å²) in [4.78, 5) is 22.1. The van der Waals surface area contributed by atoms with E-state index in [-0.39, 0.29) is 11.9 Å². The number of fused-ring (bicyclic) bond motifs is 1. The third-order valence-corrected chi connectivity index (χ3v) is 2.84. The van der Waals surface area contributed by atoms with Crippen molar-refractivity contribution < 1.29 is 4.79 Å². The molecular weight excluding hydrogens is 206 g/mol. The van der Waals surface area contributed by atoms with Gasteiger partial charge < -0.3 is 15.5 Å². The van der Waals surface area contributed by atoms with Crippen molar-refractivity contribution in [3.8, 4) is 0 Å². The second kappa shape index (κ2) is 3.62. The Morgan fingerprint density at radius 2 is 2.12 bits per heavy atom. The first-order valence-corrected chi connectivity index (χ1v) is 5.14. The van der Waals surface area contributed by atoms with Crippen molar-refractivity contribution >= 4 is 23.4 Å². The number of aromatic nitrogens is 2. The van der Waals surface area contributed by atoms with E-state index in [2.05, 4.69) is 20.6 Å². The summed E-state index contributed by atoms with van der Waals surface area (Å²) in [5.74, 6) is 1.29. The van der Waals surface area contributed by atoms with Gasteiger partial charge in [-0.3, -0.25) is 4.79 Å². The van der Waals surface area contributed by atoms with Crippen LogP contribution in [0.3, 0.4) is 0 Å². The van der Waals surface area contributed by atoms with Gasteiger partial charge in [0.2, 0.25) is 11.9 Å². The van der Waals surface area contributed by atoms with Gasteiger partial charge in [0.1, 0.15) is 11.7 Å². The number of nitrogens with zero attached hydrogens (tertiary/aromatic N) is 3. The van der Waals surface area contributed by atoms with Crippen molar-refractivity contribution in [3.63, 3.8) is 0 Å². The minimum absolute atomic E-state index is 0.0288. The van der Waals surface area contributed by atoms with Crippen LogP contribution in [0.15, 0.2) is 0 Å². The summed E-state index contributed by atoms with van der Waals surface area (Å²) in [5.41, 5.74) is 1.46. The molecule has 16 heavy (non-hydrogen) atoms. The number of carbonyl (C=O) groups is 1. The Morgan fingerprint density at radius 1 is 1.44 bits per heavy atom. The van der Waals surface area contributed by atoms with E-state index < -0.39 is 0 Å². The van der Waals surface area contributed by atoms with Crippen LogP contribution in [0.5, 0.6) is 0 Å². The van der Waals surface area contributed by atoms with E-state index in [0.29, 0.717) is 11.6 Å². The van der Waals surface area contributed by atoms with Gasteiger partial charge in [-0.1, -0.05) is 0 Å². The monoisotopic (exact) mass is 221 g/mol. The highest BCUT2D eigenvalue weighted by molar-refractivity contribution is 6.03. The zero-order chi connectivity index (χ0) is 11.9. The molecule has 0 bridgehead atoms. The van der Waals surface area contributed by atoms with E-state index in [0.717, 1.165) is 11.5 Å². The number of aryl methyl sites for hydroxylation is 1. The molecule has 2 rings (SSSR count). The summed E-state index contributed by atoms with van der Waals surface area (Å²) < 4.78 is 0. The Balaban J connectivity index is 2.56. The van der Waals surface area contributed by atoms with Gasteiger partial charge in [0.15, 0.2) is 5.82 Å². The summed E-state index contributed by atoms with van der Waals surface area (Å²) in [6.07, 6.45) is 0. The van der Waals surface area contributed by atoms with E-state index in [4.69, 9.17) is 0 Å². The van der Waals surface area contributed by atoms with E-state index in [9.17, 15) is 4.79 Å². The van der Waals surface area contributed by atoms with Crippen molar-refractivity contribution in [2.75, 3.05) is 29.6 Å². The summed E-state index contributed by atoms with van der Waals surface area (Å²) in [5, 5.41) is 5.73. The number of hydrogen-bond donors (Lipinski definition) is 2. The Kier molecular flexibility index (Phi) is 2.41. The Bertz CT molecular complexity index is 445. The molecule has 0 saturated carbocycles. The third-order valence-electron chi connectivity index (χ3n) is 2.84. The molecule has 0 radical (unpaired) electrons. The van der Waals surface area contributed by atoms with E-state index in [1.54, 1.807) is 7.05 Å². The molecule has 2 N–H and O–H groups in total. The molecule has 0 aromatic carbocycles. The topological polar surface area (TPSA) is 70.2 Å². The van der Waals surface area contributed by atoms with Crippen molar-refractivity contribution in [2.45, 2.75) is 19.9 Å². The molecule has 0 fully saturated rings. The van der Waals surface area contributed by atoms with Crippen LogP contribution in [-0.4, -0.2) is 36.0 Å². The fourth-order valence-electron chi connectivity index (χ4n) is 1.66. The van der Waals surface area contributed by atoms with Gasteiger partial charge in [-0.25, -0.2) is 4.98 Å². The lowest BCUT2D eigenvalue weighted by Crippen LogP contribution is -2.44. The van der Waals surface area contributed by atoms with Crippen LogP contribution in [0.1, 0.15) is 12.6 Å². The largest absolute Gasteiger partial charge is 0.357 e. The van der Waals surface area contributed by atoms with Gasteiger partial charge in [-0.2, -0.15) is 4.98 Å². The molecular formula is C10H15N5O. The maximum atomic E-state index is 11.6. The molecule has 0 spiro atoms. The van der Waals surface area contributed by atoms with Crippen LogP contribution < -0.4 is 15.5 Å². The van der Waals surface area contributed by atoms with Gasteiger partial charge >= 0.3 is 0 Å². The smallest absolute Gasteiger partial charge is 0.246 e. The van der Waals surface area contributed by atoms with Crippen LogP contribution >= 0.6 is 0 Å². The lowest BCUT2D eigenvalue weighted by atomic mass is 10.2.